The Hall–Kier alpha value is -1.71. The van der Waals surface area contributed by atoms with Gasteiger partial charge in [-0.05, 0) is 36.5 Å². The molecule has 0 unspecified atom stereocenters. The van der Waals surface area contributed by atoms with Crippen molar-refractivity contribution in [2.75, 3.05) is 26.9 Å². The number of benzene rings is 1. The summed E-state index contributed by atoms with van der Waals surface area (Å²) in [5.41, 5.74) is 1.09. The lowest BCUT2D eigenvalue weighted by Crippen LogP contribution is -2.41. The average molecular weight is 488 g/mol. The van der Waals surface area contributed by atoms with Gasteiger partial charge in [0.05, 0.1) is 0 Å². The highest BCUT2D eigenvalue weighted by atomic mass is 127. The third kappa shape index (κ3) is 6.75. The molecule has 0 spiro atoms. The van der Waals surface area contributed by atoms with Crippen molar-refractivity contribution in [1.29, 1.82) is 0 Å². The highest BCUT2D eigenvalue weighted by molar-refractivity contribution is 14.0. The molecule has 0 saturated heterocycles. The van der Waals surface area contributed by atoms with Crippen molar-refractivity contribution in [3.05, 3.63) is 23.8 Å². The number of rotatable bonds is 7. The number of ether oxygens (including phenoxy) is 2. The van der Waals surface area contributed by atoms with Crippen molar-refractivity contribution < 1.29 is 14.3 Å². The van der Waals surface area contributed by atoms with Crippen LogP contribution in [0, 0.1) is 5.92 Å². The first-order valence-corrected chi connectivity index (χ1v) is 9.34. The van der Waals surface area contributed by atoms with Crippen LogP contribution >= 0.6 is 24.0 Å². The molecule has 3 N–H and O–H groups in total. The Labute approximate surface area is 177 Å². The van der Waals surface area contributed by atoms with E-state index in [2.05, 4.69) is 20.9 Å². The lowest BCUT2D eigenvalue weighted by Gasteiger charge is -2.13. The van der Waals surface area contributed by atoms with Gasteiger partial charge in [0.2, 0.25) is 12.7 Å². The smallest absolute Gasteiger partial charge is 0.231 e. The predicted octanol–water partition coefficient (Wildman–Crippen LogP) is 2.39. The van der Waals surface area contributed by atoms with Crippen molar-refractivity contribution in [3.63, 3.8) is 0 Å². The molecule has 2 aliphatic rings. The van der Waals surface area contributed by atoms with E-state index in [9.17, 15) is 4.79 Å². The van der Waals surface area contributed by atoms with E-state index in [0.717, 1.165) is 17.1 Å². The van der Waals surface area contributed by atoms with E-state index >= 15 is 0 Å². The second-order valence-corrected chi connectivity index (χ2v) is 6.74. The molecule has 8 heteroatoms. The number of guanidine groups is 1. The second-order valence-electron chi connectivity index (χ2n) is 6.74. The monoisotopic (exact) mass is 488 g/mol. The van der Waals surface area contributed by atoms with Crippen molar-refractivity contribution in [3.8, 4) is 11.5 Å². The summed E-state index contributed by atoms with van der Waals surface area (Å²) < 4.78 is 10.7. The lowest BCUT2D eigenvalue weighted by atomic mass is 10.0. The fourth-order valence-corrected chi connectivity index (χ4v) is 3.39. The van der Waals surface area contributed by atoms with Crippen LogP contribution in [0.25, 0.3) is 0 Å². The molecule has 0 atom stereocenters. The Bertz CT molecular complexity index is 648. The summed E-state index contributed by atoms with van der Waals surface area (Å²) in [5.74, 6) is 3.00. The third-order valence-electron chi connectivity index (χ3n) is 4.81. The van der Waals surface area contributed by atoms with Gasteiger partial charge in [-0.1, -0.05) is 18.9 Å². The number of amides is 1. The number of hydrogen-bond acceptors (Lipinski definition) is 4. The maximum absolute atomic E-state index is 11.9. The molecule has 0 radical (unpaired) electrons. The minimum Gasteiger partial charge on any atom is -0.454 e. The number of aliphatic imine (C=N–C) groups is 1. The van der Waals surface area contributed by atoms with Crippen LogP contribution in [-0.2, 0) is 11.3 Å². The third-order valence-corrected chi connectivity index (χ3v) is 4.81. The maximum Gasteiger partial charge on any atom is 0.231 e. The van der Waals surface area contributed by atoms with Gasteiger partial charge in [-0.3, -0.25) is 9.79 Å². The zero-order valence-electron chi connectivity index (χ0n) is 15.8. The van der Waals surface area contributed by atoms with Crippen LogP contribution < -0.4 is 25.4 Å². The van der Waals surface area contributed by atoms with Crippen molar-refractivity contribution in [2.24, 2.45) is 10.9 Å². The minimum absolute atomic E-state index is 0. The van der Waals surface area contributed by atoms with Gasteiger partial charge in [-0.25, -0.2) is 0 Å². The Kier molecular flexibility index (Phi) is 8.96. The number of nitrogens with one attached hydrogen (secondary N) is 3. The molecule has 7 nitrogen and oxygen atoms in total. The Balaban J connectivity index is 0.00000261. The molecular formula is C19H29IN4O3. The standard InChI is InChI=1S/C19H28N4O3.HI/c1-20-19(22-9-8-21-18(24)11-14-4-2-3-5-14)23-12-15-6-7-16-17(10-15)26-13-25-16;/h6-7,10,14H,2-5,8-9,11-13H2,1H3,(H,21,24)(H2,20,22,23);1H. The fourth-order valence-electron chi connectivity index (χ4n) is 3.39. The summed E-state index contributed by atoms with van der Waals surface area (Å²) in [4.78, 5) is 16.1. The van der Waals surface area contributed by atoms with Crippen molar-refractivity contribution >= 4 is 35.8 Å². The van der Waals surface area contributed by atoms with E-state index in [4.69, 9.17) is 9.47 Å². The van der Waals surface area contributed by atoms with Crippen LogP contribution in [0.2, 0.25) is 0 Å². The quantitative estimate of drug-likeness (QED) is 0.238. The summed E-state index contributed by atoms with van der Waals surface area (Å²) in [7, 11) is 1.73. The molecule has 1 aliphatic heterocycles. The number of nitrogens with zero attached hydrogens (tertiary/aromatic N) is 1. The van der Waals surface area contributed by atoms with Crippen molar-refractivity contribution in [1.82, 2.24) is 16.0 Å². The van der Waals surface area contributed by atoms with E-state index in [0.29, 0.717) is 37.9 Å². The lowest BCUT2D eigenvalue weighted by molar-refractivity contribution is -0.121. The number of hydrogen-bond donors (Lipinski definition) is 3. The van der Waals surface area contributed by atoms with E-state index in [1.54, 1.807) is 7.05 Å². The minimum atomic E-state index is 0. The normalized spacial score (nSPS) is 16.0. The summed E-state index contributed by atoms with van der Waals surface area (Å²) in [6.45, 7) is 2.14. The highest BCUT2D eigenvalue weighted by Crippen LogP contribution is 2.32. The molecule has 1 fully saturated rings. The summed E-state index contributed by atoms with van der Waals surface area (Å²) >= 11 is 0. The fraction of sp³-hybridized carbons (Fsp3) is 0.579. The molecule has 1 aromatic carbocycles. The van der Waals surface area contributed by atoms with Gasteiger partial charge in [0, 0.05) is 33.1 Å². The molecular weight excluding hydrogens is 459 g/mol. The molecule has 150 valence electrons. The Morgan fingerprint density at radius 1 is 1.11 bits per heavy atom. The second kappa shape index (κ2) is 11.2. The van der Waals surface area contributed by atoms with E-state index < -0.39 is 0 Å². The van der Waals surface area contributed by atoms with Gasteiger partial charge in [-0.2, -0.15) is 0 Å². The molecule has 3 rings (SSSR count). The van der Waals surface area contributed by atoms with Crippen LogP contribution in [0.1, 0.15) is 37.7 Å². The average Bonchev–Trinajstić information content (AvgIpc) is 3.32. The molecule has 1 amide bonds. The SMILES string of the molecule is CN=C(NCCNC(=O)CC1CCCC1)NCc1ccc2c(c1)OCO2.I. The van der Waals surface area contributed by atoms with Gasteiger partial charge in [0.15, 0.2) is 17.5 Å². The number of fused-ring (bicyclic) bond motifs is 1. The van der Waals surface area contributed by atoms with E-state index in [1.807, 2.05) is 18.2 Å². The molecule has 0 aromatic heterocycles. The number of carbonyl (C=O) groups excluding carboxylic acids is 1. The summed E-state index contributed by atoms with van der Waals surface area (Å²) in [5, 5.41) is 9.44. The van der Waals surface area contributed by atoms with Crippen molar-refractivity contribution in [2.45, 2.75) is 38.6 Å². The Morgan fingerprint density at radius 2 is 1.85 bits per heavy atom. The molecule has 0 bridgehead atoms. The van der Waals surface area contributed by atoms with Gasteiger partial charge in [-0.15, -0.1) is 24.0 Å². The maximum atomic E-state index is 11.9. The van der Waals surface area contributed by atoms with E-state index in [1.165, 1.54) is 25.7 Å². The van der Waals surface area contributed by atoms with Gasteiger partial charge in [0.25, 0.3) is 0 Å². The first-order valence-electron chi connectivity index (χ1n) is 9.34. The molecule has 1 heterocycles. The van der Waals surface area contributed by atoms with Crippen LogP contribution in [0.3, 0.4) is 0 Å². The van der Waals surface area contributed by atoms with Gasteiger partial charge >= 0.3 is 0 Å². The topological polar surface area (TPSA) is 84.0 Å². The van der Waals surface area contributed by atoms with E-state index in [-0.39, 0.29) is 36.7 Å². The van der Waals surface area contributed by atoms with Crippen LogP contribution in [0.5, 0.6) is 11.5 Å². The summed E-state index contributed by atoms with van der Waals surface area (Å²) in [6.07, 6.45) is 5.59. The van der Waals surface area contributed by atoms with Crippen LogP contribution in [-0.4, -0.2) is 38.8 Å². The van der Waals surface area contributed by atoms with Gasteiger partial charge in [0.1, 0.15) is 0 Å². The molecule has 1 aliphatic carbocycles. The molecule has 1 aromatic rings. The number of carbonyl (C=O) groups is 1. The van der Waals surface area contributed by atoms with Crippen LogP contribution in [0.15, 0.2) is 23.2 Å². The molecule has 27 heavy (non-hydrogen) atoms. The Morgan fingerprint density at radius 3 is 2.63 bits per heavy atom. The predicted molar refractivity (Wildman–Crippen MR) is 116 cm³/mol. The highest BCUT2D eigenvalue weighted by Gasteiger charge is 2.18. The first kappa shape index (κ1) is 21.6. The van der Waals surface area contributed by atoms with Crippen LogP contribution in [0.4, 0.5) is 0 Å². The zero-order valence-corrected chi connectivity index (χ0v) is 18.1. The zero-order chi connectivity index (χ0) is 18.2. The largest absolute Gasteiger partial charge is 0.454 e. The summed E-state index contributed by atoms with van der Waals surface area (Å²) in [6, 6.07) is 5.87. The van der Waals surface area contributed by atoms with Gasteiger partial charge < -0.3 is 25.4 Å². The first-order chi connectivity index (χ1) is 12.7. The number of halogens is 1. The molecule has 1 saturated carbocycles.